The zero-order valence-corrected chi connectivity index (χ0v) is 12.1. The summed E-state index contributed by atoms with van der Waals surface area (Å²) in [5, 5.41) is 3.33. The first kappa shape index (κ1) is 11.7. The molecular weight excluding hydrogens is 312 g/mol. The second-order valence-corrected chi connectivity index (χ2v) is 6.49. The van der Waals surface area contributed by atoms with E-state index in [2.05, 4.69) is 43.3 Å². The van der Waals surface area contributed by atoms with Gasteiger partial charge in [-0.2, -0.15) is 0 Å². The van der Waals surface area contributed by atoms with Gasteiger partial charge in [-0.15, -0.1) is 11.3 Å². The number of imidazole rings is 1. The quantitative estimate of drug-likeness (QED) is 0.803. The van der Waals surface area contributed by atoms with Gasteiger partial charge < -0.3 is 9.88 Å². The van der Waals surface area contributed by atoms with Crippen LogP contribution in [-0.4, -0.2) is 14.5 Å². The third-order valence-corrected chi connectivity index (χ3v) is 4.33. The van der Waals surface area contributed by atoms with Crippen LogP contribution in [0.4, 0.5) is 5.82 Å². The number of nitrogens with zero attached hydrogens (tertiary/aromatic N) is 3. The van der Waals surface area contributed by atoms with Crippen LogP contribution in [0, 0.1) is 0 Å². The third kappa shape index (κ3) is 2.13. The van der Waals surface area contributed by atoms with Gasteiger partial charge in [0.1, 0.15) is 5.52 Å². The van der Waals surface area contributed by atoms with Crippen molar-refractivity contribution < 1.29 is 0 Å². The Balaban J connectivity index is 1.86. The summed E-state index contributed by atoms with van der Waals surface area (Å²) in [4.78, 5) is 9.98. The number of thiophene rings is 1. The molecule has 3 heterocycles. The largest absolute Gasteiger partial charge is 0.363 e. The molecule has 3 rings (SSSR count). The summed E-state index contributed by atoms with van der Waals surface area (Å²) in [5.74, 6) is 0.831. The van der Waals surface area contributed by atoms with E-state index in [0.29, 0.717) is 0 Å². The molecule has 0 bridgehead atoms. The van der Waals surface area contributed by atoms with E-state index >= 15 is 0 Å². The number of fused-ring (bicyclic) bond motifs is 1. The lowest BCUT2D eigenvalue weighted by molar-refractivity contribution is 0.947. The molecule has 0 aromatic carbocycles. The van der Waals surface area contributed by atoms with Gasteiger partial charge in [0.05, 0.1) is 22.2 Å². The van der Waals surface area contributed by atoms with Crippen LogP contribution in [-0.2, 0) is 13.6 Å². The Morgan fingerprint density at radius 1 is 1.33 bits per heavy atom. The van der Waals surface area contributed by atoms with Crippen LogP contribution in [0.25, 0.3) is 11.0 Å². The summed E-state index contributed by atoms with van der Waals surface area (Å²) in [6, 6.07) is 6.12. The van der Waals surface area contributed by atoms with E-state index in [-0.39, 0.29) is 0 Å². The number of aryl methyl sites for hydroxylation is 1. The maximum atomic E-state index is 4.37. The first-order valence-electron chi connectivity index (χ1n) is 5.48. The van der Waals surface area contributed by atoms with E-state index in [1.807, 2.05) is 17.7 Å². The smallest absolute Gasteiger partial charge is 0.154 e. The molecule has 0 aliphatic carbocycles. The number of rotatable bonds is 3. The normalized spacial score (nSPS) is 11.0. The molecule has 0 aliphatic rings. The van der Waals surface area contributed by atoms with Crippen LogP contribution < -0.4 is 5.32 Å². The van der Waals surface area contributed by atoms with E-state index in [1.165, 1.54) is 4.88 Å². The second-order valence-electron chi connectivity index (χ2n) is 3.94. The maximum Gasteiger partial charge on any atom is 0.154 e. The van der Waals surface area contributed by atoms with Crippen LogP contribution in [0.15, 0.2) is 34.5 Å². The highest BCUT2D eigenvalue weighted by Crippen LogP contribution is 2.24. The molecule has 0 atom stereocenters. The molecule has 0 saturated carbocycles. The molecule has 6 heteroatoms. The van der Waals surface area contributed by atoms with Crippen molar-refractivity contribution in [1.29, 1.82) is 0 Å². The summed E-state index contributed by atoms with van der Waals surface area (Å²) >= 11 is 5.18. The third-order valence-electron chi connectivity index (χ3n) is 2.70. The van der Waals surface area contributed by atoms with Crippen LogP contribution in [0.3, 0.4) is 0 Å². The topological polar surface area (TPSA) is 42.7 Å². The predicted molar refractivity (Wildman–Crippen MR) is 77.9 cm³/mol. The summed E-state index contributed by atoms with van der Waals surface area (Å²) in [7, 11) is 1.98. The van der Waals surface area contributed by atoms with Gasteiger partial charge in [-0.3, -0.25) is 0 Å². The van der Waals surface area contributed by atoms with Crippen molar-refractivity contribution in [3.8, 4) is 0 Å². The molecular formula is C12H11BrN4S. The Labute approximate surface area is 117 Å². The summed E-state index contributed by atoms with van der Waals surface area (Å²) in [6.45, 7) is 0.763. The van der Waals surface area contributed by atoms with Crippen LogP contribution in [0.5, 0.6) is 0 Å². The summed E-state index contributed by atoms with van der Waals surface area (Å²) < 4.78 is 3.13. The number of aromatic nitrogens is 3. The standard InChI is InChI=1S/C12H11BrN4S/c1-17-7-16-11-9(17)4-5-14-12(11)15-6-8-2-3-10(13)18-8/h2-5,7H,6H2,1H3,(H,14,15). The van der Waals surface area contributed by atoms with Gasteiger partial charge in [0.2, 0.25) is 0 Å². The molecule has 18 heavy (non-hydrogen) atoms. The predicted octanol–water partition coefficient (Wildman–Crippen LogP) is 3.40. The molecule has 3 aromatic heterocycles. The van der Waals surface area contributed by atoms with E-state index in [1.54, 1.807) is 23.9 Å². The number of nitrogens with one attached hydrogen (secondary N) is 1. The lowest BCUT2D eigenvalue weighted by Crippen LogP contribution is -2.00. The summed E-state index contributed by atoms with van der Waals surface area (Å²) in [5.41, 5.74) is 2.00. The Morgan fingerprint density at radius 2 is 2.22 bits per heavy atom. The number of anilines is 1. The van der Waals surface area contributed by atoms with Crippen molar-refractivity contribution in [3.63, 3.8) is 0 Å². The van der Waals surface area contributed by atoms with E-state index < -0.39 is 0 Å². The molecule has 0 aliphatic heterocycles. The van der Waals surface area contributed by atoms with Gasteiger partial charge in [0, 0.05) is 18.1 Å². The van der Waals surface area contributed by atoms with Crippen LogP contribution in [0.1, 0.15) is 4.88 Å². The Hall–Kier alpha value is -1.40. The minimum absolute atomic E-state index is 0.763. The van der Waals surface area contributed by atoms with Gasteiger partial charge in [-0.05, 0) is 34.1 Å². The Morgan fingerprint density at radius 3 is 3.00 bits per heavy atom. The average molecular weight is 323 g/mol. The minimum atomic E-state index is 0.763. The fourth-order valence-corrected chi connectivity index (χ4v) is 3.23. The molecule has 0 fully saturated rings. The molecule has 0 unspecified atom stereocenters. The molecule has 0 saturated heterocycles. The maximum absolute atomic E-state index is 4.37. The zero-order chi connectivity index (χ0) is 12.5. The molecule has 0 amide bonds. The van der Waals surface area contributed by atoms with Crippen LogP contribution in [0.2, 0.25) is 0 Å². The number of hydrogen-bond acceptors (Lipinski definition) is 4. The van der Waals surface area contributed by atoms with Gasteiger partial charge in [-0.25, -0.2) is 9.97 Å². The molecule has 4 nitrogen and oxygen atoms in total. The first-order chi connectivity index (χ1) is 8.74. The Bertz CT molecular complexity index is 688. The zero-order valence-electron chi connectivity index (χ0n) is 9.72. The molecule has 1 N–H and O–H groups in total. The monoisotopic (exact) mass is 322 g/mol. The SMILES string of the molecule is Cn1cnc2c(NCc3ccc(Br)s3)nccc21. The van der Waals surface area contributed by atoms with Crippen molar-refractivity contribution in [2.75, 3.05) is 5.32 Å². The lowest BCUT2D eigenvalue weighted by Gasteiger charge is -2.04. The van der Waals surface area contributed by atoms with Crippen molar-refractivity contribution in [2.45, 2.75) is 6.54 Å². The molecule has 0 spiro atoms. The average Bonchev–Trinajstić information content (AvgIpc) is 2.94. The van der Waals surface area contributed by atoms with Crippen molar-refractivity contribution in [3.05, 3.63) is 39.4 Å². The number of pyridine rings is 1. The lowest BCUT2D eigenvalue weighted by atomic mass is 10.3. The van der Waals surface area contributed by atoms with Gasteiger partial charge >= 0.3 is 0 Å². The van der Waals surface area contributed by atoms with Crippen molar-refractivity contribution in [2.24, 2.45) is 7.05 Å². The molecule has 92 valence electrons. The molecule has 3 aromatic rings. The molecule has 0 radical (unpaired) electrons. The van der Waals surface area contributed by atoms with Crippen molar-refractivity contribution in [1.82, 2.24) is 14.5 Å². The van der Waals surface area contributed by atoms with E-state index in [0.717, 1.165) is 27.2 Å². The van der Waals surface area contributed by atoms with Gasteiger partial charge in [-0.1, -0.05) is 0 Å². The van der Waals surface area contributed by atoms with Crippen molar-refractivity contribution >= 4 is 44.1 Å². The highest BCUT2D eigenvalue weighted by molar-refractivity contribution is 9.11. The second kappa shape index (κ2) is 4.70. The number of halogens is 1. The Kier molecular flexibility index (Phi) is 3.05. The van der Waals surface area contributed by atoms with Gasteiger partial charge in [0.15, 0.2) is 5.82 Å². The summed E-state index contributed by atoms with van der Waals surface area (Å²) in [6.07, 6.45) is 3.61. The first-order valence-corrected chi connectivity index (χ1v) is 7.09. The minimum Gasteiger partial charge on any atom is -0.363 e. The van der Waals surface area contributed by atoms with Crippen LogP contribution >= 0.6 is 27.3 Å². The van der Waals surface area contributed by atoms with E-state index in [4.69, 9.17) is 0 Å². The fourth-order valence-electron chi connectivity index (χ4n) is 1.81. The highest BCUT2D eigenvalue weighted by atomic mass is 79.9. The van der Waals surface area contributed by atoms with Gasteiger partial charge in [0.25, 0.3) is 0 Å². The number of hydrogen-bond donors (Lipinski definition) is 1. The highest BCUT2D eigenvalue weighted by Gasteiger charge is 2.06. The fraction of sp³-hybridized carbons (Fsp3) is 0.167. The van der Waals surface area contributed by atoms with E-state index in [9.17, 15) is 0 Å².